The van der Waals surface area contributed by atoms with Crippen LogP contribution in [-0.4, -0.2) is 18.4 Å². The third-order valence-electron chi connectivity index (χ3n) is 4.33. The van der Waals surface area contributed by atoms with Gasteiger partial charge in [0.2, 0.25) is 5.91 Å². The van der Waals surface area contributed by atoms with Gasteiger partial charge in [0.05, 0.1) is 12.3 Å². The number of furan rings is 1. The second-order valence-corrected chi connectivity index (χ2v) is 7.09. The molecule has 0 spiro atoms. The van der Waals surface area contributed by atoms with E-state index in [1.54, 1.807) is 12.1 Å². The van der Waals surface area contributed by atoms with Gasteiger partial charge in [0.1, 0.15) is 0 Å². The molecule has 0 aliphatic carbocycles. The second kappa shape index (κ2) is 9.22. The van der Waals surface area contributed by atoms with Gasteiger partial charge in [0, 0.05) is 13.0 Å². The van der Waals surface area contributed by atoms with Crippen molar-refractivity contribution in [1.82, 2.24) is 10.6 Å². The van der Waals surface area contributed by atoms with E-state index in [2.05, 4.69) is 62.6 Å². The van der Waals surface area contributed by atoms with E-state index in [4.69, 9.17) is 4.42 Å². The fraction of sp³-hybridized carbons (Fsp3) is 0.429. The third-order valence-corrected chi connectivity index (χ3v) is 4.33. The molecule has 2 amide bonds. The highest BCUT2D eigenvalue weighted by Crippen LogP contribution is 2.24. The number of hydrogen-bond acceptors (Lipinski definition) is 3. The van der Waals surface area contributed by atoms with Crippen LogP contribution < -0.4 is 10.6 Å². The average molecular weight is 356 g/mol. The molecular weight excluding hydrogens is 328 g/mol. The lowest BCUT2D eigenvalue weighted by Gasteiger charge is -2.23. The van der Waals surface area contributed by atoms with Crippen molar-refractivity contribution in [2.24, 2.45) is 5.92 Å². The van der Waals surface area contributed by atoms with Gasteiger partial charge in [0.25, 0.3) is 5.91 Å². The molecule has 1 aromatic heterocycles. The molecule has 2 aromatic rings. The van der Waals surface area contributed by atoms with Crippen molar-refractivity contribution < 1.29 is 14.0 Å². The Morgan fingerprint density at radius 2 is 1.65 bits per heavy atom. The monoisotopic (exact) mass is 356 g/mol. The summed E-state index contributed by atoms with van der Waals surface area (Å²) in [6, 6.07) is 11.6. The number of carbonyl (C=O) groups excluding carboxylic acids is 2. The van der Waals surface area contributed by atoms with E-state index in [0.717, 1.165) is 5.56 Å². The highest BCUT2D eigenvalue weighted by molar-refractivity contribution is 5.91. The van der Waals surface area contributed by atoms with Gasteiger partial charge < -0.3 is 15.1 Å². The molecule has 2 rings (SSSR count). The fourth-order valence-corrected chi connectivity index (χ4v) is 2.75. The SMILES string of the molecule is CC(C)c1ccc(C(NC(=O)CCNC(=O)c2ccco2)C(C)C)cc1. The van der Waals surface area contributed by atoms with Crippen LogP contribution in [0.15, 0.2) is 47.1 Å². The lowest BCUT2D eigenvalue weighted by atomic mass is 9.93. The Labute approximate surface area is 155 Å². The van der Waals surface area contributed by atoms with Gasteiger partial charge in [-0.05, 0) is 35.1 Å². The number of rotatable bonds is 8. The first-order valence-corrected chi connectivity index (χ1v) is 9.09. The minimum absolute atomic E-state index is 0.0514. The number of benzene rings is 1. The quantitative estimate of drug-likeness (QED) is 0.750. The Morgan fingerprint density at radius 3 is 2.19 bits per heavy atom. The number of hydrogen-bond donors (Lipinski definition) is 2. The van der Waals surface area contributed by atoms with Crippen LogP contribution in [0.5, 0.6) is 0 Å². The molecule has 0 fully saturated rings. The van der Waals surface area contributed by atoms with E-state index >= 15 is 0 Å². The first-order valence-electron chi connectivity index (χ1n) is 9.09. The van der Waals surface area contributed by atoms with Crippen LogP contribution in [-0.2, 0) is 4.79 Å². The second-order valence-electron chi connectivity index (χ2n) is 7.09. The summed E-state index contributed by atoms with van der Waals surface area (Å²) in [4.78, 5) is 24.1. The van der Waals surface area contributed by atoms with Crippen molar-refractivity contribution >= 4 is 11.8 Å². The van der Waals surface area contributed by atoms with Crippen LogP contribution >= 0.6 is 0 Å². The summed E-state index contributed by atoms with van der Waals surface area (Å²) in [5.74, 6) is 0.593. The summed E-state index contributed by atoms with van der Waals surface area (Å²) in [6.07, 6.45) is 1.67. The van der Waals surface area contributed by atoms with Crippen molar-refractivity contribution in [3.63, 3.8) is 0 Å². The Kier molecular flexibility index (Phi) is 7.01. The van der Waals surface area contributed by atoms with Crippen LogP contribution in [0.1, 0.15) is 67.8 Å². The number of nitrogens with one attached hydrogen (secondary N) is 2. The van der Waals surface area contributed by atoms with E-state index < -0.39 is 0 Å². The predicted molar refractivity (Wildman–Crippen MR) is 102 cm³/mol. The fourth-order valence-electron chi connectivity index (χ4n) is 2.75. The highest BCUT2D eigenvalue weighted by Gasteiger charge is 2.18. The molecule has 0 aliphatic rings. The first-order chi connectivity index (χ1) is 12.4. The van der Waals surface area contributed by atoms with Crippen molar-refractivity contribution in [2.45, 2.75) is 46.1 Å². The van der Waals surface area contributed by atoms with Crippen LogP contribution in [0.3, 0.4) is 0 Å². The van der Waals surface area contributed by atoms with Crippen molar-refractivity contribution in [3.05, 3.63) is 59.5 Å². The lowest BCUT2D eigenvalue weighted by Crippen LogP contribution is -2.34. The topological polar surface area (TPSA) is 71.3 Å². The summed E-state index contributed by atoms with van der Waals surface area (Å²) in [7, 11) is 0. The minimum Gasteiger partial charge on any atom is -0.459 e. The molecule has 5 heteroatoms. The maximum Gasteiger partial charge on any atom is 0.286 e. The maximum atomic E-state index is 12.3. The van der Waals surface area contributed by atoms with Crippen LogP contribution in [0, 0.1) is 5.92 Å². The molecule has 0 radical (unpaired) electrons. The zero-order chi connectivity index (χ0) is 19.1. The molecule has 2 N–H and O–H groups in total. The third kappa shape index (κ3) is 5.48. The predicted octanol–water partition coefficient (Wildman–Crippen LogP) is 4.04. The Bertz CT molecular complexity index is 703. The molecule has 0 aliphatic heterocycles. The number of amides is 2. The van der Waals surface area contributed by atoms with Crippen molar-refractivity contribution in [3.8, 4) is 0 Å². The summed E-state index contributed by atoms with van der Waals surface area (Å²) in [6.45, 7) is 8.75. The minimum atomic E-state index is -0.313. The van der Waals surface area contributed by atoms with Crippen molar-refractivity contribution in [2.75, 3.05) is 6.54 Å². The molecule has 1 aromatic carbocycles. The van der Waals surface area contributed by atoms with E-state index in [0.29, 0.717) is 5.92 Å². The maximum absolute atomic E-state index is 12.3. The van der Waals surface area contributed by atoms with E-state index in [-0.39, 0.29) is 42.5 Å². The molecule has 1 heterocycles. The van der Waals surface area contributed by atoms with Gasteiger partial charge in [-0.15, -0.1) is 0 Å². The van der Waals surface area contributed by atoms with Crippen molar-refractivity contribution in [1.29, 1.82) is 0 Å². The van der Waals surface area contributed by atoms with E-state index in [9.17, 15) is 9.59 Å². The smallest absolute Gasteiger partial charge is 0.286 e. The largest absolute Gasteiger partial charge is 0.459 e. The van der Waals surface area contributed by atoms with Gasteiger partial charge >= 0.3 is 0 Å². The molecule has 0 saturated heterocycles. The van der Waals surface area contributed by atoms with Gasteiger partial charge in [-0.1, -0.05) is 52.0 Å². The summed E-state index contributed by atoms with van der Waals surface area (Å²) >= 11 is 0. The van der Waals surface area contributed by atoms with E-state index in [1.165, 1.54) is 11.8 Å². The Morgan fingerprint density at radius 1 is 1.00 bits per heavy atom. The average Bonchev–Trinajstić information content (AvgIpc) is 3.14. The Balaban J connectivity index is 1.88. The zero-order valence-electron chi connectivity index (χ0n) is 15.9. The summed E-state index contributed by atoms with van der Waals surface area (Å²) in [5.41, 5.74) is 2.38. The zero-order valence-corrected chi connectivity index (χ0v) is 15.9. The highest BCUT2D eigenvalue weighted by atomic mass is 16.3. The molecule has 1 unspecified atom stereocenters. The van der Waals surface area contributed by atoms with Crippen LogP contribution in [0.25, 0.3) is 0 Å². The van der Waals surface area contributed by atoms with E-state index in [1.807, 2.05) is 0 Å². The van der Waals surface area contributed by atoms with Crippen LogP contribution in [0.2, 0.25) is 0 Å². The normalized spacial score (nSPS) is 12.2. The van der Waals surface area contributed by atoms with Gasteiger partial charge in [0.15, 0.2) is 5.76 Å². The molecular formula is C21H28N2O3. The standard InChI is InChI=1S/C21H28N2O3/c1-14(2)16-7-9-17(10-8-16)20(15(3)4)23-19(24)11-12-22-21(25)18-6-5-13-26-18/h5-10,13-15,20H,11-12H2,1-4H3,(H,22,25)(H,23,24). The lowest BCUT2D eigenvalue weighted by molar-refractivity contribution is -0.122. The Hall–Kier alpha value is -2.56. The molecule has 0 bridgehead atoms. The van der Waals surface area contributed by atoms with Crippen LogP contribution in [0.4, 0.5) is 0 Å². The molecule has 0 saturated carbocycles. The van der Waals surface area contributed by atoms with Gasteiger partial charge in [-0.3, -0.25) is 9.59 Å². The summed E-state index contributed by atoms with van der Waals surface area (Å²) in [5, 5.41) is 5.76. The molecule has 5 nitrogen and oxygen atoms in total. The first kappa shape index (κ1) is 19.8. The van der Waals surface area contributed by atoms with Gasteiger partial charge in [-0.25, -0.2) is 0 Å². The molecule has 140 valence electrons. The molecule has 1 atom stereocenters. The molecule has 26 heavy (non-hydrogen) atoms. The number of carbonyl (C=O) groups is 2. The summed E-state index contributed by atoms with van der Waals surface area (Å²) < 4.78 is 5.02. The van der Waals surface area contributed by atoms with Gasteiger partial charge in [-0.2, -0.15) is 0 Å².